The van der Waals surface area contributed by atoms with Gasteiger partial charge in [-0.1, -0.05) is 51.1 Å². The van der Waals surface area contributed by atoms with Crippen molar-refractivity contribution in [1.82, 2.24) is 5.32 Å². The van der Waals surface area contributed by atoms with Gasteiger partial charge in [0.2, 0.25) is 0 Å². The van der Waals surface area contributed by atoms with Gasteiger partial charge in [0, 0.05) is 0 Å². The minimum Gasteiger partial charge on any atom is -0.480 e. The minimum absolute atomic E-state index is 0.387. The third-order valence-electron chi connectivity index (χ3n) is 3.14. The van der Waals surface area contributed by atoms with Crippen molar-refractivity contribution in [1.29, 1.82) is 0 Å². The molecule has 0 aliphatic heterocycles. The van der Waals surface area contributed by atoms with Crippen LogP contribution in [-0.4, -0.2) is 23.7 Å². The van der Waals surface area contributed by atoms with Crippen molar-refractivity contribution in [2.45, 2.75) is 39.7 Å². The summed E-state index contributed by atoms with van der Waals surface area (Å²) in [5, 5.41) is 12.3. The van der Waals surface area contributed by atoms with E-state index in [0.29, 0.717) is 18.3 Å². The molecule has 0 bridgehead atoms. The monoisotopic (exact) mass is 263 g/mol. The van der Waals surface area contributed by atoms with Gasteiger partial charge in [0.15, 0.2) is 0 Å². The summed E-state index contributed by atoms with van der Waals surface area (Å²) in [6, 6.07) is 9.87. The Morgan fingerprint density at radius 1 is 1.21 bits per heavy atom. The lowest BCUT2D eigenvalue weighted by Crippen LogP contribution is -2.40. The van der Waals surface area contributed by atoms with Crippen LogP contribution < -0.4 is 5.32 Å². The second-order valence-corrected chi connectivity index (χ2v) is 5.72. The second-order valence-electron chi connectivity index (χ2n) is 5.72. The number of carboxylic acid groups (broad SMARTS) is 1. The van der Waals surface area contributed by atoms with Gasteiger partial charge < -0.3 is 10.4 Å². The lowest BCUT2D eigenvalue weighted by atomic mass is 9.99. The van der Waals surface area contributed by atoms with Crippen molar-refractivity contribution in [3.05, 3.63) is 35.9 Å². The first-order chi connectivity index (χ1) is 8.99. The smallest absolute Gasteiger partial charge is 0.320 e. The number of hydrogen-bond acceptors (Lipinski definition) is 2. The van der Waals surface area contributed by atoms with E-state index in [1.807, 2.05) is 32.0 Å². The van der Waals surface area contributed by atoms with Crippen molar-refractivity contribution in [3.8, 4) is 0 Å². The molecule has 0 aliphatic rings. The highest BCUT2D eigenvalue weighted by Crippen LogP contribution is 2.09. The molecule has 1 aromatic carbocycles. The van der Waals surface area contributed by atoms with Crippen molar-refractivity contribution in [2.24, 2.45) is 11.8 Å². The maximum Gasteiger partial charge on any atom is 0.320 e. The van der Waals surface area contributed by atoms with Gasteiger partial charge in [0.05, 0.1) is 0 Å². The van der Waals surface area contributed by atoms with Gasteiger partial charge in [-0.3, -0.25) is 4.79 Å². The summed E-state index contributed by atoms with van der Waals surface area (Å²) in [7, 11) is 0. The summed E-state index contributed by atoms with van der Waals surface area (Å²) in [5.74, 6) is 0.0649. The van der Waals surface area contributed by atoms with Gasteiger partial charge in [-0.25, -0.2) is 0 Å². The highest BCUT2D eigenvalue weighted by Gasteiger charge is 2.18. The third kappa shape index (κ3) is 6.39. The Hall–Kier alpha value is -1.35. The first kappa shape index (κ1) is 15.7. The Morgan fingerprint density at radius 2 is 1.84 bits per heavy atom. The fourth-order valence-electron chi connectivity index (χ4n) is 2.17. The topological polar surface area (TPSA) is 49.3 Å². The van der Waals surface area contributed by atoms with Gasteiger partial charge >= 0.3 is 5.97 Å². The van der Waals surface area contributed by atoms with Crippen molar-refractivity contribution in [2.75, 3.05) is 6.54 Å². The van der Waals surface area contributed by atoms with Crippen LogP contribution in [0.25, 0.3) is 0 Å². The van der Waals surface area contributed by atoms with E-state index in [4.69, 9.17) is 5.11 Å². The molecule has 0 amide bonds. The molecule has 2 atom stereocenters. The van der Waals surface area contributed by atoms with E-state index in [9.17, 15) is 4.79 Å². The van der Waals surface area contributed by atoms with Crippen LogP contribution in [0.1, 0.15) is 32.8 Å². The highest BCUT2D eigenvalue weighted by atomic mass is 16.4. The first-order valence-electron chi connectivity index (χ1n) is 6.99. The van der Waals surface area contributed by atoms with Crippen LogP contribution in [0.2, 0.25) is 0 Å². The molecule has 0 aliphatic carbocycles. The van der Waals surface area contributed by atoms with Gasteiger partial charge in [-0.05, 0) is 36.8 Å². The Bertz CT molecular complexity index is 376. The predicted octanol–water partition coefficient (Wildman–Crippen LogP) is 2.95. The Balaban J connectivity index is 2.39. The number of nitrogens with one attached hydrogen (secondary N) is 1. The van der Waals surface area contributed by atoms with Crippen LogP contribution in [0, 0.1) is 11.8 Å². The van der Waals surface area contributed by atoms with Crippen LogP contribution in [0.4, 0.5) is 0 Å². The van der Waals surface area contributed by atoms with Crippen LogP contribution in [-0.2, 0) is 11.2 Å². The van der Waals surface area contributed by atoms with E-state index in [1.54, 1.807) is 0 Å². The van der Waals surface area contributed by atoms with Crippen molar-refractivity contribution >= 4 is 5.97 Å². The Morgan fingerprint density at radius 3 is 2.37 bits per heavy atom. The van der Waals surface area contributed by atoms with Crippen molar-refractivity contribution in [3.63, 3.8) is 0 Å². The van der Waals surface area contributed by atoms with E-state index >= 15 is 0 Å². The van der Waals surface area contributed by atoms with Crippen LogP contribution in [0.5, 0.6) is 0 Å². The molecule has 0 spiro atoms. The van der Waals surface area contributed by atoms with E-state index < -0.39 is 12.0 Å². The minimum atomic E-state index is -0.749. The fourth-order valence-corrected chi connectivity index (χ4v) is 2.17. The lowest BCUT2D eigenvalue weighted by molar-refractivity contribution is -0.139. The predicted molar refractivity (Wildman–Crippen MR) is 78.2 cm³/mol. The zero-order valence-electron chi connectivity index (χ0n) is 12.1. The standard InChI is InChI=1S/C16H25NO2/c1-12(2)9-15(16(18)19)17-11-13(3)10-14-7-5-4-6-8-14/h4-8,12-13,15,17H,9-11H2,1-3H3,(H,18,19)/t13?,15-/m1/s1. The van der Waals surface area contributed by atoms with Crippen LogP contribution >= 0.6 is 0 Å². The molecule has 0 saturated carbocycles. The van der Waals surface area contributed by atoms with E-state index in [2.05, 4.69) is 24.4 Å². The zero-order valence-corrected chi connectivity index (χ0v) is 12.1. The number of hydrogen-bond donors (Lipinski definition) is 2. The molecule has 0 radical (unpaired) electrons. The summed E-state index contributed by atoms with van der Waals surface area (Å²) in [5.41, 5.74) is 1.30. The SMILES string of the molecule is CC(C)C[C@@H](NCC(C)Cc1ccccc1)C(=O)O. The molecule has 3 nitrogen and oxygen atoms in total. The van der Waals surface area contributed by atoms with E-state index in [0.717, 1.165) is 13.0 Å². The summed E-state index contributed by atoms with van der Waals surface area (Å²) in [4.78, 5) is 11.1. The molecule has 2 N–H and O–H groups in total. The average Bonchev–Trinajstić information content (AvgIpc) is 2.35. The molecule has 0 saturated heterocycles. The molecule has 1 unspecified atom stereocenters. The number of aliphatic carboxylic acids is 1. The summed E-state index contributed by atoms with van der Waals surface area (Å²) in [6.45, 7) is 6.98. The molecular weight excluding hydrogens is 238 g/mol. The highest BCUT2D eigenvalue weighted by molar-refractivity contribution is 5.73. The van der Waals surface area contributed by atoms with Gasteiger partial charge in [-0.2, -0.15) is 0 Å². The molecule has 19 heavy (non-hydrogen) atoms. The van der Waals surface area contributed by atoms with E-state index in [1.165, 1.54) is 5.56 Å². The molecule has 3 heteroatoms. The number of rotatable bonds is 8. The van der Waals surface area contributed by atoms with E-state index in [-0.39, 0.29) is 0 Å². The lowest BCUT2D eigenvalue weighted by Gasteiger charge is -2.19. The maximum absolute atomic E-state index is 11.1. The fraction of sp³-hybridized carbons (Fsp3) is 0.562. The molecule has 0 fully saturated rings. The Labute approximate surface area is 116 Å². The third-order valence-corrected chi connectivity index (χ3v) is 3.14. The van der Waals surface area contributed by atoms with Gasteiger partial charge in [-0.15, -0.1) is 0 Å². The number of carbonyl (C=O) groups is 1. The molecule has 0 aromatic heterocycles. The normalized spacial score (nSPS) is 14.3. The summed E-state index contributed by atoms with van der Waals surface area (Å²) in [6.07, 6.45) is 1.65. The molecule has 0 heterocycles. The summed E-state index contributed by atoms with van der Waals surface area (Å²) < 4.78 is 0. The van der Waals surface area contributed by atoms with Crippen molar-refractivity contribution < 1.29 is 9.90 Å². The van der Waals surface area contributed by atoms with Crippen LogP contribution in [0.3, 0.4) is 0 Å². The number of benzene rings is 1. The largest absolute Gasteiger partial charge is 0.480 e. The summed E-state index contributed by atoms with van der Waals surface area (Å²) >= 11 is 0. The first-order valence-corrected chi connectivity index (χ1v) is 6.99. The van der Waals surface area contributed by atoms with Gasteiger partial charge in [0.25, 0.3) is 0 Å². The zero-order chi connectivity index (χ0) is 14.3. The quantitative estimate of drug-likeness (QED) is 0.758. The van der Waals surface area contributed by atoms with Crippen LogP contribution in [0.15, 0.2) is 30.3 Å². The molecule has 1 rings (SSSR count). The Kier molecular flexibility index (Phi) is 6.57. The molecule has 1 aromatic rings. The maximum atomic E-state index is 11.1. The number of carboxylic acids is 1. The average molecular weight is 263 g/mol. The molecular formula is C16H25NO2. The second kappa shape index (κ2) is 7.95. The van der Waals surface area contributed by atoms with Gasteiger partial charge in [0.1, 0.15) is 6.04 Å². The molecule has 106 valence electrons.